The van der Waals surface area contributed by atoms with Crippen molar-refractivity contribution in [2.75, 3.05) is 26.9 Å². The van der Waals surface area contributed by atoms with Gasteiger partial charge in [0.15, 0.2) is 0 Å². The van der Waals surface area contributed by atoms with Crippen LogP contribution in [0.25, 0.3) is 0 Å². The Balaban J connectivity index is 1.44. The van der Waals surface area contributed by atoms with E-state index in [1.165, 1.54) is 5.57 Å². The van der Waals surface area contributed by atoms with E-state index in [-0.39, 0.29) is 53.7 Å². The molecule has 4 aliphatic rings. The van der Waals surface area contributed by atoms with E-state index in [2.05, 4.69) is 26.8 Å². The van der Waals surface area contributed by atoms with Crippen LogP contribution in [-0.4, -0.2) is 79.5 Å². The Morgan fingerprint density at radius 1 is 1.28 bits per heavy atom. The van der Waals surface area contributed by atoms with E-state index in [9.17, 15) is 4.79 Å². The molecule has 0 aromatic rings. The Bertz CT molecular complexity index is 715. The molecule has 3 heterocycles. The largest absolute Gasteiger partial charge is 0.443 e. The zero-order chi connectivity index (χ0) is 23.1. The van der Waals surface area contributed by atoms with Gasteiger partial charge >= 0.3 is 6.09 Å². The average molecular weight is 452 g/mol. The number of hydrogen-bond acceptors (Lipinski definition) is 6. The number of amides is 1. The zero-order valence-corrected chi connectivity index (χ0v) is 20.6. The molecule has 4 fully saturated rings. The summed E-state index contributed by atoms with van der Waals surface area (Å²) in [5.41, 5.74) is 0.759. The van der Waals surface area contributed by atoms with E-state index in [0.29, 0.717) is 6.61 Å². The molecule has 7 heteroatoms. The first-order valence-corrected chi connectivity index (χ1v) is 12.3. The number of ether oxygens (including phenoxy) is 5. The first-order valence-electron chi connectivity index (χ1n) is 12.3. The lowest BCUT2D eigenvalue weighted by atomic mass is 9.68. The molecule has 32 heavy (non-hydrogen) atoms. The lowest BCUT2D eigenvalue weighted by molar-refractivity contribution is -0.122. The predicted molar refractivity (Wildman–Crippen MR) is 121 cm³/mol. The molecule has 1 aliphatic carbocycles. The molecule has 182 valence electrons. The maximum absolute atomic E-state index is 13.1. The van der Waals surface area contributed by atoms with Crippen LogP contribution in [0.2, 0.25) is 0 Å². The predicted octanol–water partition coefficient (Wildman–Crippen LogP) is 4.09. The van der Waals surface area contributed by atoms with Gasteiger partial charge in [-0.25, -0.2) is 4.79 Å². The van der Waals surface area contributed by atoms with Crippen molar-refractivity contribution in [1.29, 1.82) is 0 Å². The molecule has 4 unspecified atom stereocenters. The van der Waals surface area contributed by atoms with Gasteiger partial charge in [0.25, 0.3) is 0 Å². The second-order valence-corrected chi connectivity index (χ2v) is 10.7. The fourth-order valence-corrected chi connectivity index (χ4v) is 5.82. The van der Waals surface area contributed by atoms with Crippen molar-refractivity contribution >= 4 is 6.09 Å². The van der Waals surface area contributed by atoms with Crippen molar-refractivity contribution < 1.29 is 28.5 Å². The SMILES string of the molecule is COC1C(OC(=O)N2CCC[C@H]2COC(C)C)CC[C@]2(CO2)C1C1(C)O[C@@H]1CC=C(C)C. The fourth-order valence-electron chi connectivity index (χ4n) is 5.82. The van der Waals surface area contributed by atoms with E-state index in [4.69, 9.17) is 23.7 Å². The second-order valence-electron chi connectivity index (χ2n) is 10.7. The van der Waals surface area contributed by atoms with Gasteiger partial charge in [-0.05, 0) is 66.7 Å². The van der Waals surface area contributed by atoms with Crippen LogP contribution in [0.4, 0.5) is 4.79 Å². The van der Waals surface area contributed by atoms with Crippen LogP contribution in [0, 0.1) is 5.92 Å². The van der Waals surface area contributed by atoms with Crippen molar-refractivity contribution in [1.82, 2.24) is 4.90 Å². The number of methoxy groups -OCH3 is 1. The average Bonchev–Trinajstić information content (AvgIpc) is 3.59. The minimum absolute atomic E-state index is 0.0424. The van der Waals surface area contributed by atoms with Crippen molar-refractivity contribution in [2.24, 2.45) is 5.92 Å². The Kier molecular flexibility index (Phi) is 6.93. The highest BCUT2D eigenvalue weighted by molar-refractivity contribution is 5.68. The van der Waals surface area contributed by atoms with Gasteiger partial charge in [0.2, 0.25) is 0 Å². The van der Waals surface area contributed by atoms with Crippen LogP contribution < -0.4 is 0 Å². The first-order chi connectivity index (χ1) is 15.2. The van der Waals surface area contributed by atoms with E-state index in [0.717, 1.165) is 45.3 Å². The number of carbonyl (C=O) groups is 1. The van der Waals surface area contributed by atoms with Gasteiger partial charge in [0.1, 0.15) is 23.4 Å². The smallest absolute Gasteiger partial charge is 0.410 e. The summed E-state index contributed by atoms with van der Waals surface area (Å²) >= 11 is 0. The number of rotatable bonds is 8. The molecule has 3 aliphatic heterocycles. The zero-order valence-electron chi connectivity index (χ0n) is 20.6. The second kappa shape index (κ2) is 9.24. The van der Waals surface area contributed by atoms with Gasteiger partial charge in [-0.1, -0.05) is 11.6 Å². The van der Waals surface area contributed by atoms with Crippen LogP contribution in [0.1, 0.15) is 66.7 Å². The van der Waals surface area contributed by atoms with Crippen molar-refractivity contribution in [3.63, 3.8) is 0 Å². The summed E-state index contributed by atoms with van der Waals surface area (Å²) in [4.78, 5) is 15.0. The summed E-state index contributed by atoms with van der Waals surface area (Å²) in [7, 11) is 1.71. The van der Waals surface area contributed by atoms with Gasteiger partial charge in [0, 0.05) is 13.7 Å². The molecule has 3 saturated heterocycles. The van der Waals surface area contributed by atoms with Gasteiger partial charge in [0.05, 0.1) is 37.4 Å². The van der Waals surface area contributed by atoms with Crippen LogP contribution >= 0.6 is 0 Å². The molecule has 1 saturated carbocycles. The van der Waals surface area contributed by atoms with E-state index >= 15 is 0 Å². The highest BCUT2D eigenvalue weighted by Crippen LogP contribution is 2.59. The molecule has 0 radical (unpaired) electrons. The van der Waals surface area contributed by atoms with Crippen molar-refractivity contribution in [2.45, 2.75) is 108 Å². The summed E-state index contributed by atoms with van der Waals surface area (Å²) in [6, 6.07) is 0.0844. The number of epoxide rings is 2. The molecule has 7 nitrogen and oxygen atoms in total. The van der Waals surface area contributed by atoms with E-state index < -0.39 is 0 Å². The molecule has 4 rings (SSSR count). The molecule has 0 aromatic carbocycles. The monoisotopic (exact) mass is 451 g/mol. The fraction of sp³-hybridized carbons (Fsp3) is 0.880. The maximum Gasteiger partial charge on any atom is 0.410 e. The van der Waals surface area contributed by atoms with Crippen molar-refractivity contribution in [3.05, 3.63) is 11.6 Å². The topological polar surface area (TPSA) is 73.1 Å². The van der Waals surface area contributed by atoms with Gasteiger partial charge in [-0.15, -0.1) is 0 Å². The van der Waals surface area contributed by atoms with Gasteiger partial charge in [-0.2, -0.15) is 0 Å². The highest BCUT2D eigenvalue weighted by atomic mass is 16.6. The molecule has 0 N–H and O–H groups in total. The Morgan fingerprint density at radius 2 is 2.03 bits per heavy atom. The normalized spacial score (nSPS) is 40.6. The molecular weight excluding hydrogens is 410 g/mol. The molecular formula is C25H41NO6. The van der Waals surface area contributed by atoms with Crippen LogP contribution in [0.3, 0.4) is 0 Å². The number of carbonyl (C=O) groups excluding carboxylic acids is 1. The summed E-state index contributed by atoms with van der Waals surface area (Å²) in [6.07, 6.45) is 6.17. The van der Waals surface area contributed by atoms with Crippen LogP contribution in [0.15, 0.2) is 11.6 Å². The van der Waals surface area contributed by atoms with Crippen LogP contribution in [-0.2, 0) is 23.7 Å². The molecule has 7 atom stereocenters. The first kappa shape index (κ1) is 24.0. The molecule has 1 spiro atoms. The Hall–Kier alpha value is -1.15. The number of nitrogens with zero attached hydrogens (tertiary/aromatic N) is 1. The number of hydrogen-bond donors (Lipinski definition) is 0. The van der Waals surface area contributed by atoms with Crippen LogP contribution in [0.5, 0.6) is 0 Å². The summed E-state index contributed by atoms with van der Waals surface area (Å²) < 4.78 is 30.2. The summed E-state index contributed by atoms with van der Waals surface area (Å²) in [6.45, 7) is 12.4. The summed E-state index contributed by atoms with van der Waals surface area (Å²) in [5, 5.41) is 0. The quantitative estimate of drug-likeness (QED) is 0.409. The lowest BCUT2D eigenvalue weighted by Crippen LogP contribution is -2.56. The third kappa shape index (κ3) is 4.72. The lowest BCUT2D eigenvalue weighted by Gasteiger charge is -2.43. The Morgan fingerprint density at radius 3 is 2.66 bits per heavy atom. The maximum atomic E-state index is 13.1. The van der Waals surface area contributed by atoms with E-state index in [1.54, 1.807) is 7.11 Å². The number of allylic oxidation sites excluding steroid dienone is 1. The minimum Gasteiger partial charge on any atom is -0.443 e. The van der Waals surface area contributed by atoms with Crippen molar-refractivity contribution in [3.8, 4) is 0 Å². The summed E-state index contributed by atoms with van der Waals surface area (Å²) in [5.74, 6) is 0.0424. The van der Waals surface area contributed by atoms with Gasteiger partial charge in [-0.3, -0.25) is 0 Å². The molecule has 0 bridgehead atoms. The third-order valence-corrected chi connectivity index (χ3v) is 7.72. The highest BCUT2D eigenvalue weighted by Gasteiger charge is 2.72. The number of likely N-dealkylation sites (tertiary alicyclic amines) is 1. The Labute approximate surface area is 192 Å². The minimum atomic E-state index is -0.324. The third-order valence-electron chi connectivity index (χ3n) is 7.72. The van der Waals surface area contributed by atoms with Gasteiger partial charge < -0.3 is 28.6 Å². The molecule has 1 amide bonds. The molecule has 0 aromatic heterocycles. The standard InChI is InChI=1S/C25H41NO6/c1-16(2)9-10-20-24(5,32-20)22-21(28-6)19(11-12-25(22)15-30-25)31-23(27)26-13-7-8-18(26)14-29-17(3)4/h9,17-22H,7-8,10-15H2,1-6H3/t18-,19?,20+,21?,22?,24?,25-/m0/s1. The van der Waals surface area contributed by atoms with E-state index in [1.807, 2.05) is 18.7 Å².